The van der Waals surface area contributed by atoms with Gasteiger partial charge in [0.05, 0.1) is 0 Å². The molecule has 0 heterocycles. The van der Waals surface area contributed by atoms with Crippen molar-refractivity contribution in [2.45, 2.75) is 111 Å². The van der Waals surface area contributed by atoms with Crippen molar-refractivity contribution < 1.29 is 0 Å². The fourth-order valence-corrected chi connectivity index (χ4v) is 3.40. The van der Waals surface area contributed by atoms with E-state index in [9.17, 15) is 0 Å². The SMILES string of the molecule is CC(C)N(C(C)C)C(C)CCC(C)(C)N(C)C(C)(C)C. The average molecular weight is 285 g/mol. The lowest BCUT2D eigenvalue weighted by Gasteiger charge is -2.46. The Balaban J connectivity index is 4.67. The van der Waals surface area contributed by atoms with E-state index in [1.54, 1.807) is 0 Å². The topological polar surface area (TPSA) is 6.48 Å². The van der Waals surface area contributed by atoms with Gasteiger partial charge in [0.15, 0.2) is 0 Å². The standard InChI is InChI=1S/C18H40N2/c1-14(2)20(15(3)4)16(5)12-13-18(9,10)19(11)17(6,7)8/h14-16H,12-13H2,1-11H3. The highest BCUT2D eigenvalue weighted by atomic mass is 15.2. The predicted molar refractivity (Wildman–Crippen MR) is 92.4 cm³/mol. The molecule has 2 nitrogen and oxygen atoms in total. The van der Waals surface area contributed by atoms with Crippen molar-refractivity contribution in [3.05, 3.63) is 0 Å². The van der Waals surface area contributed by atoms with Gasteiger partial charge >= 0.3 is 0 Å². The first-order chi connectivity index (χ1) is 8.80. The first-order valence-electron chi connectivity index (χ1n) is 8.32. The summed E-state index contributed by atoms with van der Waals surface area (Å²) >= 11 is 0. The van der Waals surface area contributed by atoms with Crippen molar-refractivity contribution in [2.75, 3.05) is 7.05 Å². The van der Waals surface area contributed by atoms with Gasteiger partial charge in [0, 0.05) is 29.2 Å². The molecule has 0 aliphatic heterocycles. The lowest BCUT2D eigenvalue weighted by Crippen LogP contribution is -2.52. The van der Waals surface area contributed by atoms with E-state index in [2.05, 4.69) is 86.1 Å². The van der Waals surface area contributed by atoms with Gasteiger partial charge in [-0.05, 0) is 89.1 Å². The second kappa shape index (κ2) is 7.26. The molecular formula is C18H40N2. The van der Waals surface area contributed by atoms with Crippen LogP contribution in [0.3, 0.4) is 0 Å². The van der Waals surface area contributed by atoms with Crippen LogP contribution < -0.4 is 0 Å². The number of hydrogen-bond donors (Lipinski definition) is 0. The average Bonchev–Trinajstić information content (AvgIpc) is 2.23. The zero-order valence-corrected chi connectivity index (χ0v) is 16.0. The van der Waals surface area contributed by atoms with E-state index >= 15 is 0 Å². The molecule has 0 spiro atoms. The van der Waals surface area contributed by atoms with Gasteiger partial charge < -0.3 is 0 Å². The number of rotatable bonds is 7. The molecule has 1 unspecified atom stereocenters. The molecule has 20 heavy (non-hydrogen) atoms. The molecule has 0 aromatic carbocycles. The van der Waals surface area contributed by atoms with E-state index in [-0.39, 0.29) is 11.1 Å². The maximum Gasteiger partial charge on any atom is 0.0155 e. The third-order valence-electron chi connectivity index (χ3n) is 4.79. The van der Waals surface area contributed by atoms with E-state index in [1.165, 1.54) is 12.8 Å². The van der Waals surface area contributed by atoms with E-state index in [4.69, 9.17) is 0 Å². The normalized spacial score (nSPS) is 15.8. The largest absolute Gasteiger partial charge is 0.296 e. The van der Waals surface area contributed by atoms with Crippen LogP contribution >= 0.6 is 0 Å². The Bertz CT molecular complexity index is 266. The van der Waals surface area contributed by atoms with Crippen molar-refractivity contribution >= 4 is 0 Å². The molecule has 0 N–H and O–H groups in total. The van der Waals surface area contributed by atoms with Crippen LogP contribution in [0.15, 0.2) is 0 Å². The first-order valence-corrected chi connectivity index (χ1v) is 8.32. The maximum atomic E-state index is 2.63. The number of nitrogens with zero attached hydrogens (tertiary/aromatic N) is 2. The third-order valence-corrected chi connectivity index (χ3v) is 4.79. The van der Waals surface area contributed by atoms with Crippen LogP contribution in [0.5, 0.6) is 0 Å². The maximum absolute atomic E-state index is 2.63. The van der Waals surface area contributed by atoms with Gasteiger partial charge in [0.25, 0.3) is 0 Å². The van der Waals surface area contributed by atoms with E-state index in [1.807, 2.05) is 0 Å². The highest BCUT2D eigenvalue weighted by molar-refractivity contribution is 4.89. The van der Waals surface area contributed by atoms with E-state index in [0.29, 0.717) is 18.1 Å². The predicted octanol–water partition coefficient (Wildman–Crippen LogP) is 4.78. The lowest BCUT2D eigenvalue weighted by atomic mass is 9.89. The molecule has 0 saturated carbocycles. The Morgan fingerprint density at radius 1 is 0.800 bits per heavy atom. The van der Waals surface area contributed by atoms with Crippen LogP contribution in [0, 0.1) is 0 Å². The highest BCUT2D eigenvalue weighted by Gasteiger charge is 2.32. The van der Waals surface area contributed by atoms with Gasteiger partial charge in [-0.3, -0.25) is 9.80 Å². The second-order valence-corrected chi connectivity index (χ2v) is 8.56. The van der Waals surface area contributed by atoms with Crippen molar-refractivity contribution in [1.29, 1.82) is 0 Å². The third kappa shape index (κ3) is 5.73. The summed E-state index contributed by atoms with van der Waals surface area (Å²) in [7, 11) is 2.26. The molecular weight excluding hydrogens is 244 g/mol. The minimum absolute atomic E-state index is 0.225. The molecule has 2 heteroatoms. The Labute approximate surface area is 128 Å². The second-order valence-electron chi connectivity index (χ2n) is 8.56. The summed E-state index contributed by atoms with van der Waals surface area (Å²) in [5.41, 5.74) is 0.467. The van der Waals surface area contributed by atoms with Crippen LogP contribution in [0.4, 0.5) is 0 Å². The molecule has 0 bridgehead atoms. The molecule has 122 valence electrons. The van der Waals surface area contributed by atoms with Gasteiger partial charge in [0.2, 0.25) is 0 Å². The quantitative estimate of drug-likeness (QED) is 0.663. The summed E-state index contributed by atoms with van der Waals surface area (Å²) in [5, 5.41) is 0. The Hall–Kier alpha value is -0.0800. The Kier molecular flexibility index (Phi) is 7.24. The lowest BCUT2D eigenvalue weighted by molar-refractivity contribution is 0.0368. The monoisotopic (exact) mass is 284 g/mol. The fraction of sp³-hybridized carbons (Fsp3) is 1.00. The summed E-state index contributed by atoms with van der Waals surface area (Å²) in [5.74, 6) is 0. The van der Waals surface area contributed by atoms with Gasteiger partial charge in [-0.2, -0.15) is 0 Å². The fourth-order valence-electron chi connectivity index (χ4n) is 3.40. The van der Waals surface area contributed by atoms with Crippen molar-refractivity contribution in [3.63, 3.8) is 0 Å². The molecule has 1 atom stereocenters. The first kappa shape index (κ1) is 19.9. The number of hydrogen-bond acceptors (Lipinski definition) is 2. The van der Waals surface area contributed by atoms with Crippen LogP contribution in [-0.2, 0) is 0 Å². The Morgan fingerprint density at radius 3 is 1.50 bits per heavy atom. The van der Waals surface area contributed by atoms with E-state index < -0.39 is 0 Å². The van der Waals surface area contributed by atoms with Crippen LogP contribution in [0.1, 0.15) is 82.1 Å². The smallest absolute Gasteiger partial charge is 0.0155 e. The summed E-state index contributed by atoms with van der Waals surface area (Å²) in [4.78, 5) is 5.15. The summed E-state index contributed by atoms with van der Waals surface area (Å²) in [6.07, 6.45) is 2.49. The van der Waals surface area contributed by atoms with Crippen LogP contribution in [-0.4, -0.2) is 46.1 Å². The Morgan fingerprint density at radius 2 is 1.20 bits per heavy atom. The molecule has 0 fully saturated rings. The molecule has 0 aromatic heterocycles. The van der Waals surface area contributed by atoms with Gasteiger partial charge in [-0.25, -0.2) is 0 Å². The molecule has 0 saturated heterocycles. The van der Waals surface area contributed by atoms with Crippen molar-refractivity contribution in [3.8, 4) is 0 Å². The minimum Gasteiger partial charge on any atom is -0.296 e. The van der Waals surface area contributed by atoms with Crippen molar-refractivity contribution in [2.24, 2.45) is 0 Å². The minimum atomic E-state index is 0.225. The molecule has 0 amide bonds. The van der Waals surface area contributed by atoms with Crippen LogP contribution in [0.2, 0.25) is 0 Å². The van der Waals surface area contributed by atoms with E-state index in [0.717, 1.165) is 0 Å². The summed E-state index contributed by atoms with van der Waals surface area (Å²) in [6.45, 7) is 23.3. The van der Waals surface area contributed by atoms with Gasteiger partial charge in [-0.1, -0.05) is 0 Å². The van der Waals surface area contributed by atoms with Gasteiger partial charge in [-0.15, -0.1) is 0 Å². The molecule has 0 rings (SSSR count). The molecule has 0 aliphatic rings. The zero-order chi connectivity index (χ0) is 16.3. The molecule has 0 aliphatic carbocycles. The van der Waals surface area contributed by atoms with Crippen LogP contribution in [0.25, 0.3) is 0 Å². The zero-order valence-electron chi connectivity index (χ0n) is 16.0. The summed E-state index contributed by atoms with van der Waals surface area (Å²) in [6, 6.07) is 1.88. The highest BCUT2D eigenvalue weighted by Crippen LogP contribution is 2.28. The molecule has 0 radical (unpaired) electrons. The van der Waals surface area contributed by atoms with Gasteiger partial charge in [0.1, 0.15) is 0 Å². The van der Waals surface area contributed by atoms with Crippen molar-refractivity contribution in [1.82, 2.24) is 9.80 Å². The summed E-state index contributed by atoms with van der Waals surface area (Å²) < 4.78 is 0. The molecule has 0 aromatic rings.